The maximum atomic E-state index is 13.2. The van der Waals surface area contributed by atoms with Gasteiger partial charge in [0.05, 0.1) is 24.0 Å². The Balaban J connectivity index is 1.34. The number of carbonyl (C=O) groups is 1. The summed E-state index contributed by atoms with van der Waals surface area (Å²) >= 11 is 0. The van der Waals surface area contributed by atoms with Crippen LogP contribution in [-0.4, -0.2) is 35.3 Å². The molecule has 0 N–H and O–H groups in total. The van der Waals surface area contributed by atoms with Gasteiger partial charge in [-0.15, -0.1) is 0 Å². The number of benzene rings is 1. The molecule has 5 rings (SSSR count). The fourth-order valence-electron chi connectivity index (χ4n) is 4.89. The first kappa shape index (κ1) is 16.1. The standard InChI is InChI=1S/C22H26N2O2/c25-21-22(9-11-23(12-10-22)14-18-8-13-26-16-18)20(19-4-2-1-3-5-19)24(21)15-17-6-7-17/h1-5,8,13,16-17,20H,6-7,9-12,14-15H2/t20-/m0/s1. The number of nitrogens with zero attached hydrogens (tertiary/aromatic N) is 2. The maximum Gasteiger partial charge on any atom is 0.231 e. The van der Waals surface area contributed by atoms with E-state index >= 15 is 0 Å². The van der Waals surface area contributed by atoms with Crippen LogP contribution in [0.2, 0.25) is 0 Å². The van der Waals surface area contributed by atoms with Gasteiger partial charge in [-0.3, -0.25) is 9.69 Å². The van der Waals surface area contributed by atoms with Crippen molar-refractivity contribution in [3.63, 3.8) is 0 Å². The lowest BCUT2D eigenvalue weighted by atomic mass is 9.62. The normalized spacial score (nSPS) is 25.5. The number of piperidine rings is 1. The highest BCUT2D eigenvalue weighted by molar-refractivity contribution is 5.91. The first-order valence-corrected chi connectivity index (χ1v) is 9.86. The zero-order valence-corrected chi connectivity index (χ0v) is 15.1. The van der Waals surface area contributed by atoms with Gasteiger partial charge in [0.1, 0.15) is 0 Å². The summed E-state index contributed by atoms with van der Waals surface area (Å²) in [7, 11) is 0. The molecule has 1 saturated carbocycles. The molecule has 1 spiro atoms. The summed E-state index contributed by atoms with van der Waals surface area (Å²) < 4.78 is 5.19. The quantitative estimate of drug-likeness (QED) is 0.769. The molecular weight excluding hydrogens is 324 g/mol. The molecule has 1 aliphatic carbocycles. The van der Waals surface area contributed by atoms with Gasteiger partial charge in [-0.25, -0.2) is 0 Å². The van der Waals surface area contributed by atoms with Gasteiger partial charge in [0.2, 0.25) is 5.91 Å². The Morgan fingerprint density at radius 3 is 2.50 bits per heavy atom. The number of hydrogen-bond acceptors (Lipinski definition) is 3. The van der Waals surface area contributed by atoms with Gasteiger partial charge in [-0.05, 0) is 56.3 Å². The Kier molecular flexibility index (Phi) is 3.89. The first-order chi connectivity index (χ1) is 12.8. The number of hydrogen-bond donors (Lipinski definition) is 0. The number of amides is 1. The molecule has 1 aromatic heterocycles. The van der Waals surface area contributed by atoms with Crippen molar-refractivity contribution in [2.24, 2.45) is 11.3 Å². The molecule has 0 unspecified atom stereocenters. The van der Waals surface area contributed by atoms with Crippen LogP contribution in [-0.2, 0) is 11.3 Å². The molecule has 1 aromatic carbocycles. The van der Waals surface area contributed by atoms with Crippen LogP contribution in [0.25, 0.3) is 0 Å². The number of carbonyl (C=O) groups excluding carboxylic acids is 1. The van der Waals surface area contributed by atoms with Gasteiger partial charge in [0, 0.05) is 18.7 Å². The van der Waals surface area contributed by atoms with Crippen molar-refractivity contribution >= 4 is 5.91 Å². The van der Waals surface area contributed by atoms with E-state index < -0.39 is 0 Å². The minimum absolute atomic E-state index is 0.177. The molecule has 26 heavy (non-hydrogen) atoms. The molecule has 2 aliphatic heterocycles. The van der Waals surface area contributed by atoms with Crippen molar-refractivity contribution in [3.8, 4) is 0 Å². The van der Waals surface area contributed by atoms with Crippen LogP contribution in [0.3, 0.4) is 0 Å². The van der Waals surface area contributed by atoms with Crippen LogP contribution in [0.5, 0.6) is 0 Å². The van der Waals surface area contributed by atoms with Gasteiger partial charge in [0.15, 0.2) is 0 Å². The van der Waals surface area contributed by atoms with Crippen LogP contribution < -0.4 is 0 Å². The van der Waals surface area contributed by atoms with Crippen molar-refractivity contribution in [3.05, 3.63) is 60.1 Å². The van der Waals surface area contributed by atoms with Crippen molar-refractivity contribution in [2.45, 2.75) is 38.3 Å². The molecule has 2 saturated heterocycles. The van der Waals surface area contributed by atoms with Crippen molar-refractivity contribution in [2.75, 3.05) is 19.6 Å². The Morgan fingerprint density at radius 1 is 1.08 bits per heavy atom. The Hall–Kier alpha value is -2.07. The molecule has 4 nitrogen and oxygen atoms in total. The molecule has 3 aliphatic rings. The van der Waals surface area contributed by atoms with Crippen LogP contribution in [0.1, 0.15) is 42.9 Å². The molecule has 136 valence electrons. The second-order valence-electron chi connectivity index (χ2n) is 8.28. The molecule has 0 bridgehead atoms. The van der Waals surface area contributed by atoms with Crippen LogP contribution in [0, 0.1) is 11.3 Å². The average molecular weight is 350 g/mol. The molecule has 3 fully saturated rings. The van der Waals surface area contributed by atoms with Crippen LogP contribution in [0.15, 0.2) is 53.3 Å². The molecule has 4 heteroatoms. The van der Waals surface area contributed by atoms with Crippen LogP contribution >= 0.6 is 0 Å². The number of likely N-dealkylation sites (tertiary alicyclic amines) is 2. The van der Waals surface area contributed by atoms with E-state index in [4.69, 9.17) is 4.42 Å². The largest absolute Gasteiger partial charge is 0.472 e. The smallest absolute Gasteiger partial charge is 0.231 e. The summed E-state index contributed by atoms with van der Waals surface area (Å²) in [5.41, 5.74) is 2.36. The molecule has 3 heterocycles. The number of rotatable bonds is 5. The lowest BCUT2D eigenvalue weighted by Gasteiger charge is -2.59. The average Bonchev–Trinajstić information content (AvgIpc) is 3.36. The third-order valence-electron chi connectivity index (χ3n) is 6.52. The number of β-lactam (4-membered cyclic amide) rings is 1. The van der Waals surface area contributed by atoms with Crippen molar-refractivity contribution < 1.29 is 9.21 Å². The number of furan rings is 1. The zero-order valence-electron chi connectivity index (χ0n) is 15.1. The summed E-state index contributed by atoms with van der Waals surface area (Å²) in [6.07, 6.45) is 8.06. The van der Waals surface area contributed by atoms with E-state index in [9.17, 15) is 4.79 Å². The van der Waals surface area contributed by atoms with E-state index in [1.807, 2.05) is 12.3 Å². The van der Waals surface area contributed by atoms with Gasteiger partial charge in [-0.1, -0.05) is 30.3 Å². The summed E-state index contributed by atoms with van der Waals surface area (Å²) in [5.74, 6) is 1.14. The zero-order chi connectivity index (χ0) is 17.6. The highest BCUT2D eigenvalue weighted by atomic mass is 16.3. The predicted octanol–water partition coefficient (Wildman–Crippen LogP) is 3.86. The van der Waals surface area contributed by atoms with Gasteiger partial charge < -0.3 is 9.32 Å². The summed E-state index contributed by atoms with van der Waals surface area (Å²) in [6, 6.07) is 13.0. The summed E-state index contributed by atoms with van der Waals surface area (Å²) in [5, 5.41) is 0. The van der Waals surface area contributed by atoms with E-state index in [0.717, 1.165) is 44.9 Å². The lowest BCUT2D eigenvalue weighted by molar-refractivity contribution is -0.181. The van der Waals surface area contributed by atoms with Gasteiger partial charge in [0.25, 0.3) is 0 Å². The van der Waals surface area contributed by atoms with Gasteiger partial charge in [-0.2, -0.15) is 0 Å². The van der Waals surface area contributed by atoms with Crippen molar-refractivity contribution in [1.29, 1.82) is 0 Å². The Labute approximate surface area is 154 Å². The minimum Gasteiger partial charge on any atom is -0.472 e. The monoisotopic (exact) mass is 350 g/mol. The van der Waals surface area contributed by atoms with Gasteiger partial charge >= 0.3 is 0 Å². The fraction of sp³-hybridized carbons (Fsp3) is 0.500. The second kappa shape index (κ2) is 6.27. The molecule has 1 amide bonds. The van der Waals surface area contributed by atoms with E-state index in [2.05, 4.69) is 40.1 Å². The Bertz CT molecular complexity index is 759. The van der Waals surface area contributed by atoms with Crippen molar-refractivity contribution in [1.82, 2.24) is 9.80 Å². The predicted molar refractivity (Wildman–Crippen MR) is 99.3 cm³/mol. The van der Waals surface area contributed by atoms with E-state index in [-0.39, 0.29) is 11.5 Å². The maximum absolute atomic E-state index is 13.2. The molecule has 1 atom stereocenters. The summed E-state index contributed by atoms with van der Waals surface area (Å²) in [6.45, 7) is 3.84. The summed E-state index contributed by atoms with van der Waals surface area (Å²) in [4.78, 5) is 17.8. The van der Waals surface area contributed by atoms with E-state index in [1.54, 1.807) is 6.26 Å². The van der Waals surface area contributed by atoms with Crippen LogP contribution in [0.4, 0.5) is 0 Å². The fourth-order valence-corrected chi connectivity index (χ4v) is 4.89. The third kappa shape index (κ3) is 2.67. The first-order valence-electron chi connectivity index (χ1n) is 9.86. The Morgan fingerprint density at radius 2 is 1.85 bits per heavy atom. The molecule has 2 aromatic rings. The lowest BCUT2D eigenvalue weighted by Crippen LogP contribution is -2.66. The molecular formula is C22H26N2O2. The highest BCUT2D eigenvalue weighted by Crippen LogP contribution is 2.57. The highest BCUT2D eigenvalue weighted by Gasteiger charge is 2.61. The second-order valence-corrected chi connectivity index (χ2v) is 8.28. The SMILES string of the molecule is O=C1N(CC2CC2)[C@@H](c2ccccc2)C12CCN(Cc1ccoc1)CC2. The third-order valence-corrected chi connectivity index (χ3v) is 6.52. The van der Waals surface area contributed by atoms with E-state index in [0.29, 0.717) is 5.91 Å². The molecule has 0 radical (unpaired) electrons. The minimum atomic E-state index is -0.177. The van der Waals surface area contributed by atoms with E-state index in [1.165, 1.54) is 24.0 Å². The topological polar surface area (TPSA) is 36.7 Å².